The first-order chi connectivity index (χ1) is 11.3. The molecular formula is C16H31NO6S. The van der Waals surface area contributed by atoms with Gasteiger partial charge < -0.3 is 4.74 Å². The van der Waals surface area contributed by atoms with Crippen LogP contribution in [0.25, 0.3) is 0 Å². The third-order valence-corrected chi connectivity index (χ3v) is 4.05. The number of carbonyl (C=O) groups excluding carboxylic acids is 2. The van der Waals surface area contributed by atoms with Gasteiger partial charge in [0.05, 0.1) is 13.0 Å². The van der Waals surface area contributed by atoms with Gasteiger partial charge in [-0.05, 0) is 6.42 Å². The molecule has 0 radical (unpaired) electrons. The van der Waals surface area contributed by atoms with Crippen LogP contribution in [0.5, 0.6) is 0 Å². The Hall–Kier alpha value is -1.15. The van der Waals surface area contributed by atoms with Crippen LogP contribution in [0, 0.1) is 0 Å². The first-order valence-corrected chi connectivity index (χ1v) is 10.2. The average Bonchev–Trinajstić information content (AvgIpc) is 2.49. The molecule has 0 bridgehead atoms. The largest absolute Gasteiger partial charge is 0.466 e. The molecule has 7 nitrogen and oxygen atoms in total. The molecule has 24 heavy (non-hydrogen) atoms. The van der Waals surface area contributed by atoms with Crippen LogP contribution >= 0.6 is 0 Å². The van der Waals surface area contributed by atoms with E-state index in [1.165, 1.54) is 49.7 Å². The standard InChI is InChI=1S/C16H31NO6S/c1-2-3-4-5-6-7-8-9-10-11-14-23-16(19)13-12-15(18)17-24(20,21)22/h2-14H2,1H3,(H,17,18)(H,20,21,22). The highest BCUT2D eigenvalue weighted by Gasteiger charge is 2.12. The molecule has 8 heteroatoms. The van der Waals surface area contributed by atoms with Gasteiger partial charge in [-0.1, -0.05) is 64.7 Å². The number of nitrogens with one attached hydrogen (secondary N) is 1. The van der Waals surface area contributed by atoms with E-state index in [-0.39, 0.29) is 12.8 Å². The molecule has 0 fully saturated rings. The zero-order valence-electron chi connectivity index (χ0n) is 14.6. The van der Waals surface area contributed by atoms with E-state index in [1.54, 1.807) is 0 Å². The molecule has 0 aromatic carbocycles. The van der Waals surface area contributed by atoms with E-state index < -0.39 is 22.2 Å². The molecule has 0 aliphatic carbocycles. The minimum Gasteiger partial charge on any atom is -0.466 e. The Kier molecular flexibility index (Phi) is 13.5. The number of esters is 1. The van der Waals surface area contributed by atoms with Crippen molar-refractivity contribution in [1.82, 2.24) is 4.72 Å². The van der Waals surface area contributed by atoms with Gasteiger partial charge in [-0.3, -0.25) is 14.1 Å². The Balaban J connectivity index is 3.39. The predicted molar refractivity (Wildman–Crippen MR) is 91.7 cm³/mol. The second-order valence-corrected chi connectivity index (χ2v) is 7.06. The molecule has 142 valence electrons. The van der Waals surface area contributed by atoms with Crippen molar-refractivity contribution in [3.8, 4) is 0 Å². The summed E-state index contributed by atoms with van der Waals surface area (Å²) >= 11 is 0. The van der Waals surface area contributed by atoms with Crippen molar-refractivity contribution in [3.63, 3.8) is 0 Å². The van der Waals surface area contributed by atoms with Crippen LogP contribution in [0.3, 0.4) is 0 Å². The van der Waals surface area contributed by atoms with E-state index in [0.29, 0.717) is 6.61 Å². The van der Waals surface area contributed by atoms with E-state index in [0.717, 1.165) is 19.3 Å². The van der Waals surface area contributed by atoms with Crippen LogP contribution in [0.4, 0.5) is 0 Å². The normalized spacial score (nSPS) is 11.2. The first-order valence-electron chi connectivity index (χ1n) is 8.79. The van der Waals surface area contributed by atoms with E-state index in [1.807, 2.05) is 0 Å². The highest BCUT2D eigenvalue weighted by Crippen LogP contribution is 2.10. The SMILES string of the molecule is CCCCCCCCCCCCOC(=O)CCC(=O)NS(=O)(=O)O. The lowest BCUT2D eigenvalue weighted by Gasteiger charge is -2.05. The number of hydrogen-bond donors (Lipinski definition) is 2. The summed E-state index contributed by atoms with van der Waals surface area (Å²) in [7, 11) is -4.56. The number of carbonyl (C=O) groups is 2. The van der Waals surface area contributed by atoms with Crippen molar-refractivity contribution >= 4 is 22.2 Å². The summed E-state index contributed by atoms with van der Waals surface area (Å²) < 4.78 is 35.5. The highest BCUT2D eigenvalue weighted by atomic mass is 32.2. The number of hydrogen-bond acceptors (Lipinski definition) is 5. The fourth-order valence-corrected chi connectivity index (χ4v) is 2.65. The molecule has 0 rings (SSSR count). The Morgan fingerprint density at radius 2 is 1.38 bits per heavy atom. The Morgan fingerprint density at radius 1 is 0.875 bits per heavy atom. The molecule has 0 spiro atoms. The van der Waals surface area contributed by atoms with Gasteiger partial charge in [0.15, 0.2) is 0 Å². The summed E-state index contributed by atoms with van der Waals surface area (Å²) in [6, 6.07) is 0. The number of amides is 1. The smallest absolute Gasteiger partial charge is 0.359 e. The molecular weight excluding hydrogens is 334 g/mol. The molecule has 2 N–H and O–H groups in total. The van der Waals surface area contributed by atoms with Gasteiger partial charge >= 0.3 is 16.3 Å². The van der Waals surface area contributed by atoms with Crippen molar-refractivity contribution in [2.45, 2.75) is 84.0 Å². The number of ether oxygens (including phenoxy) is 1. The van der Waals surface area contributed by atoms with Gasteiger partial charge in [-0.2, -0.15) is 8.42 Å². The lowest BCUT2D eigenvalue weighted by molar-refractivity contribution is -0.145. The Morgan fingerprint density at radius 3 is 1.88 bits per heavy atom. The average molecular weight is 365 g/mol. The van der Waals surface area contributed by atoms with E-state index >= 15 is 0 Å². The maximum Gasteiger partial charge on any atom is 0.359 e. The van der Waals surface area contributed by atoms with Gasteiger partial charge in [0.25, 0.3) is 0 Å². The third kappa shape index (κ3) is 17.2. The molecule has 0 unspecified atom stereocenters. The molecule has 1 amide bonds. The lowest BCUT2D eigenvalue weighted by atomic mass is 10.1. The molecule has 0 heterocycles. The van der Waals surface area contributed by atoms with Crippen LogP contribution < -0.4 is 4.72 Å². The van der Waals surface area contributed by atoms with Gasteiger partial charge in [0.1, 0.15) is 0 Å². The van der Waals surface area contributed by atoms with Crippen LogP contribution in [0.1, 0.15) is 84.0 Å². The molecule has 0 aromatic heterocycles. The topological polar surface area (TPSA) is 110 Å². The monoisotopic (exact) mass is 365 g/mol. The number of rotatable bonds is 15. The summed E-state index contributed by atoms with van der Waals surface area (Å²) in [6.07, 6.45) is 11.4. The summed E-state index contributed by atoms with van der Waals surface area (Å²) in [6.45, 7) is 2.52. The van der Waals surface area contributed by atoms with Gasteiger partial charge in [0.2, 0.25) is 5.91 Å². The van der Waals surface area contributed by atoms with Crippen LogP contribution in [0.2, 0.25) is 0 Å². The predicted octanol–water partition coefficient (Wildman–Crippen LogP) is 3.15. The molecule has 0 aromatic rings. The second kappa shape index (κ2) is 14.2. The maximum absolute atomic E-state index is 11.4. The Bertz CT molecular complexity index is 449. The fourth-order valence-electron chi connectivity index (χ4n) is 2.26. The highest BCUT2D eigenvalue weighted by molar-refractivity contribution is 7.84. The van der Waals surface area contributed by atoms with Gasteiger partial charge in [0, 0.05) is 6.42 Å². The zero-order chi connectivity index (χ0) is 18.3. The van der Waals surface area contributed by atoms with Crippen molar-refractivity contribution in [2.75, 3.05) is 6.61 Å². The van der Waals surface area contributed by atoms with Gasteiger partial charge in [-0.25, -0.2) is 4.72 Å². The molecule has 0 aliphatic rings. The van der Waals surface area contributed by atoms with Gasteiger partial charge in [-0.15, -0.1) is 0 Å². The van der Waals surface area contributed by atoms with Crippen molar-refractivity contribution in [1.29, 1.82) is 0 Å². The summed E-state index contributed by atoms with van der Waals surface area (Å²) in [4.78, 5) is 22.4. The maximum atomic E-state index is 11.4. The quantitative estimate of drug-likeness (QED) is 0.262. The molecule has 0 saturated carbocycles. The van der Waals surface area contributed by atoms with Crippen molar-refractivity contribution < 1.29 is 27.3 Å². The lowest BCUT2D eigenvalue weighted by Crippen LogP contribution is -2.30. The van der Waals surface area contributed by atoms with E-state index in [4.69, 9.17) is 9.29 Å². The fraction of sp³-hybridized carbons (Fsp3) is 0.875. The van der Waals surface area contributed by atoms with Crippen molar-refractivity contribution in [2.24, 2.45) is 0 Å². The third-order valence-electron chi connectivity index (χ3n) is 3.56. The first kappa shape index (κ1) is 22.9. The summed E-state index contributed by atoms with van der Waals surface area (Å²) in [5.74, 6) is -1.48. The van der Waals surface area contributed by atoms with Crippen LogP contribution in [-0.2, 0) is 24.6 Å². The molecule has 0 saturated heterocycles. The zero-order valence-corrected chi connectivity index (χ0v) is 15.4. The van der Waals surface area contributed by atoms with E-state index in [9.17, 15) is 18.0 Å². The Labute approximate surface area is 145 Å². The summed E-state index contributed by atoms with van der Waals surface area (Å²) in [5.41, 5.74) is 0. The molecule has 0 aliphatic heterocycles. The van der Waals surface area contributed by atoms with Crippen molar-refractivity contribution in [3.05, 3.63) is 0 Å². The molecule has 0 atom stereocenters. The summed E-state index contributed by atoms with van der Waals surface area (Å²) in [5, 5.41) is 0. The van der Waals surface area contributed by atoms with E-state index in [2.05, 4.69) is 6.92 Å². The second-order valence-electron chi connectivity index (χ2n) is 5.90. The van der Waals surface area contributed by atoms with Crippen LogP contribution in [-0.4, -0.2) is 31.5 Å². The van der Waals surface area contributed by atoms with Crippen LogP contribution in [0.15, 0.2) is 0 Å². The minimum absolute atomic E-state index is 0.209. The number of unbranched alkanes of at least 4 members (excludes halogenated alkanes) is 9. The minimum atomic E-state index is -4.56.